The van der Waals surface area contributed by atoms with Gasteiger partial charge in [-0.1, -0.05) is 13.8 Å². The first-order chi connectivity index (χ1) is 9.13. The molecule has 1 amide bonds. The Hall–Kier alpha value is -1.26. The highest BCUT2D eigenvalue weighted by Crippen LogP contribution is 2.07. The number of rotatable bonds is 8. The zero-order chi connectivity index (χ0) is 16.0. The van der Waals surface area contributed by atoms with Gasteiger partial charge >= 0.3 is 5.97 Å². The van der Waals surface area contributed by atoms with Gasteiger partial charge in [-0.25, -0.2) is 4.79 Å². The molecule has 5 atom stereocenters. The van der Waals surface area contributed by atoms with Crippen molar-refractivity contribution in [3.05, 3.63) is 0 Å². The molecule has 118 valence electrons. The summed E-state index contributed by atoms with van der Waals surface area (Å²) in [5, 5.41) is 56.9. The van der Waals surface area contributed by atoms with Crippen LogP contribution in [0.2, 0.25) is 0 Å². The van der Waals surface area contributed by atoms with Crippen LogP contribution in [0.1, 0.15) is 13.8 Å². The zero-order valence-electron chi connectivity index (χ0n) is 11.2. The second kappa shape index (κ2) is 8.12. The lowest BCUT2D eigenvalue weighted by atomic mass is 10.0. The Kier molecular flexibility index (Phi) is 7.61. The minimum Gasteiger partial charge on any atom is -0.480 e. The van der Waals surface area contributed by atoms with E-state index in [0.717, 1.165) is 0 Å². The second-order valence-electron chi connectivity index (χ2n) is 4.74. The van der Waals surface area contributed by atoms with Gasteiger partial charge in [0.2, 0.25) is 0 Å². The number of aliphatic hydroxyl groups excluding tert-OH is 5. The maximum atomic E-state index is 11.6. The third-order valence-electron chi connectivity index (χ3n) is 2.75. The molecule has 0 aromatic rings. The Bertz CT molecular complexity index is 334. The molecule has 0 spiro atoms. The van der Waals surface area contributed by atoms with Crippen molar-refractivity contribution < 1.29 is 40.2 Å². The fourth-order valence-electron chi connectivity index (χ4n) is 1.43. The molecule has 0 saturated heterocycles. The summed E-state index contributed by atoms with van der Waals surface area (Å²) in [6.45, 7) is 2.19. The molecule has 0 heterocycles. The molecule has 0 aliphatic carbocycles. The van der Waals surface area contributed by atoms with Crippen LogP contribution in [-0.4, -0.2) is 79.6 Å². The average molecular weight is 295 g/mol. The molecule has 0 aliphatic heterocycles. The van der Waals surface area contributed by atoms with Crippen LogP contribution in [-0.2, 0) is 9.59 Å². The van der Waals surface area contributed by atoms with Gasteiger partial charge in [0.25, 0.3) is 5.91 Å². The highest BCUT2D eigenvalue weighted by Gasteiger charge is 2.36. The Morgan fingerprint density at radius 2 is 1.55 bits per heavy atom. The molecule has 0 aliphatic rings. The van der Waals surface area contributed by atoms with Crippen LogP contribution < -0.4 is 5.32 Å². The number of carbonyl (C=O) groups is 2. The van der Waals surface area contributed by atoms with Crippen molar-refractivity contribution in [3.63, 3.8) is 0 Å². The Morgan fingerprint density at radius 3 is 1.90 bits per heavy atom. The minimum absolute atomic E-state index is 0.464. The molecule has 0 radical (unpaired) electrons. The molecular weight excluding hydrogens is 274 g/mol. The standard InChI is InChI=1S/C11H21NO8/c1-4(2)6(11(19)20)12-10(18)9(17)8(16)7(15)5(14)3-13/h4-9,13-17H,3H2,1-2H3,(H,12,18)(H,19,20)/t5-,6+,7+,8-,9-/m1/s1. The van der Waals surface area contributed by atoms with E-state index in [2.05, 4.69) is 0 Å². The first kappa shape index (κ1) is 18.7. The summed E-state index contributed by atoms with van der Waals surface area (Å²) in [6, 6.07) is -1.27. The van der Waals surface area contributed by atoms with Gasteiger partial charge in [0.05, 0.1) is 6.61 Å². The molecule has 0 aromatic heterocycles. The van der Waals surface area contributed by atoms with Crippen LogP contribution in [0.3, 0.4) is 0 Å². The van der Waals surface area contributed by atoms with Crippen LogP contribution in [0, 0.1) is 5.92 Å². The smallest absolute Gasteiger partial charge is 0.326 e. The zero-order valence-corrected chi connectivity index (χ0v) is 11.2. The summed E-state index contributed by atoms with van der Waals surface area (Å²) in [7, 11) is 0. The van der Waals surface area contributed by atoms with Gasteiger partial charge < -0.3 is 36.0 Å². The van der Waals surface area contributed by atoms with E-state index >= 15 is 0 Å². The fourth-order valence-corrected chi connectivity index (χ4v) is 1.43. The lowest BCUT2D eigenvalue weighted by Gasteiger charge is -2.26. The summed E-state index contributed by atoms with van der Waals surface area (Å²) in [6.07, 6.45) is -7.92. The topological polar surface area (TPSA) is 168 Å². The number of carbonyl (C=O) groups excluding carboxylic acids is 1. The third-order valence-corrected chi connectivity index (χ3v) is 2.75. The summed E-state index contributed by atoms with van der Waals surface area (Å²) >= 11 is 0. The molecule has 0 bridgehead atoms. The first-order valence-corrected chi connectivity index (χ1v) is 5.99. The number of hydrogen-bond acceptors (Lipinski definition) is 7. The monoisotopic (exact) mass is 295 g/mol. The van der Waals surface area contributed by atoms with Gasteiger partial charge in [0, 0.05) is 0 Å². The minimum atomic E-state index is -2.15. The summed E-state index contributed by atoms with van der Waals surface area (Å²) in [4.78, 5) is 22.5. The average Bonchev–Trinajstić information content (AvgIpc) is 2.39. The lowest BCUT2D eigenvalue weighted by Crippen LogP contribution is -2.55. The molecule has 0 fully saturated rings. The fraction of sp³-hybridized carbons (Fsp3) is 0.818. The van der Waals surface area contributed by atoms with Gasteiger partial charge in [-0.3, -0.25) is 4.79 Å². The van der Waals surface area contributed by atoms with Crippen LogP contribution in [0.4, 0.5) is 0 Å². The molecule has 0 rings (SSSR count). The maximum absolute atomic E-state index is 11.6. The van der Waals surface area contributed by atoms with Gasteiger partial charge in [0.15, 0.2) is 6.10 Å². The predicted molar refractivity (Wildman–Crippen MR) is 65.5 cm³/mol. The van der Waals surface area contributed by atoms with Crippen LogP contribution in [0.15, 0.2) is 0 Å². The highest BCUT2D eigenvalue weighted by atomic mass is 16.4. The predicted octanol–water partition coefficient (Wildman–Crippen LogP) is -3.35. The number of aliphatic hydroxyl groups is 5. The number of nitrogens with one attached hydrogen (secondary N) is 1. The number of carboxylic acid groups (broad SMARTS) is 1. The van der Waals surface area contributed by atoms with Crippen molar-refractivity contribution in [1.29, 1.82) is 0 Å². The number of amides is 1. The van der Waals surface area contributed by atoms with Gasteiger partial charge in [-0.15, -0.1) is 0 Å². The molecular formula is C11H21NO8. The molecule has 9 nitrogen and oxygen atoms in total. The molecule has 0 saturated carbocycles. The first-order valence-electron chi connectivity index (χ1n) is 5.99. The molecule has 20 heavy (non-hydrogen) atoms. The van der Waals surface area contributed by atoms with Crippen molar-refractivity contribution in [2.24, 2.45) is 5.92 Å². The quantitative estimate of drug-likeness (QED) is 0.244. The summed E-state index contributed by atoms with van der Waals surface area (Å²) < 4.78 is 0. The van der Waals surface area contributed by atoms with E-state index in [1.165, 1.54) is 13.8 Å². The Labute approximate surface area is 115 Å². The summed E-state index contributed by atoms with van der Waals surface area (Å²) in [5.74, 6) is -2.98. The van der Waals surface area contributed by atoms with E-state index in [1.807, 2.05) is 5.32 Å². The van der Waals surface area contributed by atoms with Crippen molar-refractivity contribution in [2.75, 3.05) is 6.61 Å². The van der Waals surface area contributed by atoms with Crippen molar-refractivity contribution in [3.8, 4) is 0 Å². The lowest BCUT2D eigenvalue weighted by molar-refractivity contribution is -0.153. The van der Waals surface area contributed by atoms with E-state index in [-0.39, 0.29) is 0 Å². The molecule has 9 heteroatoms. The third kappa shape index (κ3) is 5.02. The van der Waals surface area contributed by atoms with Gasteiger partial charge in [-0.2, -0.15) is 0 Å². The molecule has 0 aromatic carbocycles. The number of carboxylic acids is 1. The van der Waals surface area contributed by atoms with Crippen molar-refractivity contribution >= 4 is 11.9 Å². The Balaban J connectivity index is 4.72. The normalized spacial score (nSPS) is 19.0. The van der Waals surface area contributed by atoms with Crippen LogP contribution in [0.25, 0.3) is 0 Å². The van der Waals surface area contributed by atoms with Gasteiger partial charge in [0.1, 0.15) is 24.4 Å². The second-order valence-corrected chi connectivity index (χ2v) is 4.74. The highest BCUT2D eigenvalue weighted by molar-refractivity contribution is 5.86. The SMILES string of the molecule is CC(C)[C@H](NC(=O)[C@H](O)[C@H](O)[C@@H](O)[C@H](O)CO)C(=O)O. The molecule has 7 N–H and O–H groups in total. The summed E-state index contributed by atoms with van der Waals surface area (Å²) in [5.41, 5.74) is 0. The largest absolute Gasteiger partial charge is 0.480 e. The maximum Gasteiger partial charge on any atom is 0.326 e. The van der Waals surface area contributed by atoms with E-state index in [1.54, 1.807) is 0 Å². The van der Waals surface area contributed by atoms with Crippen LogP contribution in [0.5, 0.6) is 0 Å². The van der Waals surface area contributed by atoms with E-state index in [0.29, 0.717) is 0 Å². The van der Waals surface area contributed by atoms with Crippen LogP contribution >= 0.6 is 0 Å². The van der Waals surface area contributed by atoms with Crippen molar-refractivity contribution in [2.45, 2.75) is 44.3 Å². The van der Waals surface area contributed by atoms with Gasteiger partial charge in [-0.05, 0) is 5.92 Å². The Morgan fingerprint density at radius 1 is 1.05 bits per heavy atom. The number of hydrogen-bond donors (Lipinski definition) is 7. The van der Waals surface area contributed by atoms with Crippen molar-refractivity contribution in [1.82, 2.24) is 5.32 Å². The number of aliphatic carboxylic acids is 1. The van der Waals surface area contributed by atoms with E-state index in [4.69, 9.17) is 15.3 Å². The van der Waals surface area contributed by atoms with E-state index in [9.17, 15) is 24.9 Å². The van der Waals surface area contributed by atoms with E-state index < -0.39 is 54.9 Å². The molecule has 0 unspecified atom stereocenters.